The number of likely N-dealkylation sites (N-methyl/N-ethyl adjacent to an activating group) is 7. The molecule has 0 bridgehead atoms. The molecule has 4 rings (SSSR count). The molecule has 31 nitrogen and oxygen atoms in total. The van der Waals surface area contributed by atoms with Crippen molar-refractivity contribution < 1.29 is 81.8 Å². The van der Waals surface area contributed by atoms with Crippen LogP contribution in [0, 0.1) is 29.1 Å². The van der Waals surface area contributed by atoms with Crippen LogP contribution in [0.1, 0.15) is 152 Å². The van der Waals surface area contributed by atoms with Gasteiger partial charge < -0.3 is 76.5 Å². The predicted octanol–water partition coefficient (Wildman–Crippen LogP) is 3.75. The number of hydrogen-bond donors (Lipinski definition) is 8. The van der Waals surface area contributed by atoms with Crippen molar-refractivity contribution in [2.24, 2.45) is 29.1 Å². The van der Waals surface area contributed by atoms with E-state index in [2.05, 4.69) is 37.2 Å². The summed E-state index contributed by atoms with van der Waals surface area (Å²) in [5.41, 5.74) is 3.47. The molecule has 112 heavy (non-hydrogen) atoms. The molecule has 0 aromatic heterocycles. The molecule has 0 saturated heterocycles. The van der Waals surface area contributed by atoms with E-state index in [9.17, 15) is 77.0 Å². The van der Waals surface area contributed by atoms with Gasteiger partial charge in [0, 0.05) is 75.3 Å². The summed E-state index contributed by atoms with van der Waals surface area (Å²) >= 11 is 0. The molecular weight excluding hydrogens is 1440 g/mol. The van der Waals surface area contributed by atoms with Gasteiger partial charge in [-0.25, -0.2) is 4.79 Å². The minimum atomic E-state index is -1.33. The Kier molecular flexibility index (Phi) is 35.9. The maximum atomic E-state index is 14.6. The highest BCUT2D eigenvalue weighted by atomic mass is 16.6. The van der Waals surface area contributed by atoms with Crippen molar-refractivity contribution in [2.45, 2.75) is 202 Å². The van der Waals surface area contributed by atoms with E-state index in [1.54, 1.807) is 44.2 Å². The fourth-order valence-corrected chi connectivity index (χ4v) is 13.1. The number of fused-ring (bicyclic) bond motifs is 3. The van der Waals surface area contributed by atoms with Gasteiger partial charge in [0.15, 0.2) is 0 Å². The fraction of sp³-hybridized carbons (Fsp3) is 0.593. The molecular formula is C81H122N14O17. The van der Waals surface area contributed by atoms with Gasteiger partial charge >= 0.3 is 12.1 Å². The number of nitrogens with one attached hydrogen (secondary N) is 7. The van der Waals surface area contributed by atoms with Crippen LogP contribution in [0.15, 0.2) is 78.9 Å². The van der Waals surface area contributed by atoms with Crippen molar-refractivity contribution in [2.75, 3.05) is 82.6 Å². The number of carboxylic acid groups (broad SMARTS) is 1. The van der Waals surface area contributed by atoms with Crippen LogP contribution < -0.4 is 37.2 Å². The normalized spacial score (nSPS) is 14.5. The zero-order valence-electron chi connectivity index (χ0n) is 69.3. The molecule has 0 heterocycles. The first kappa shape index (κ1) is 93.9. The smallest absolute Gasteiger partial charge is 0.410 e. The molecule has 0 saturated carbocycles. The maximum absolute atomic E-state index is 14.6. The first-order valence-electron chi connectivity index (χ1n) is 38.2. The number of benzene rings is 3. The number of rotatable bonds is 41. The second-order valence-corrected chi connectivity index (χ2v) is 31.8. The molecule has 1 aliphatic carbocycles. The lowest BCUT2D eigenvalue weighted by molar-refractivity contribution is -0.152. The molecule has 0 fully saturated rings. The molecule has 0 radical (unpaired) electrons. The number of carbonyl (C=O) groups excluding carboxylic acids is 14. The van der Waals surface area contributed by atoms with Gasteiger partial charge in [0.05, 0.1) is 24.9 Å². The predicted molar refractivity (Wildman–Crippen MR) is 422 cm³/mol. The molecule has 0 aliphatic heterocycles. The molecule has 0 spiro atoms. The Morgan fingerprint density at radius 1 is 0.429 bits per heavy atom. The lowest BCUT2D eigenvalue weighted by Crippen LogP contribution is -2.59. The maximum Gasteiger partial charge on any atom is 0.410 e. The highest BCUT2D eigenvalue weighted by Crippen LogP contribution is 2.44. The third kappa shape index (κ3) is 26.6. The van der Waals surface area contributed by atoms with Gasteiger partial charge in [0.1, 0.15) is 67.0 Å². The van der Waals surface area contributed by atoms with Gasteiger partial charge in [-0.2, -0.15) is 0 Å². The van der Waals surface area contributed by atoms with Gasteiger partial charge in [0.2, 0.25) is 76.8 Å². The average molecular weight is 1560 g/mol. The van der Waals surface area contributed by atoms with Gasteiger partial charge in [-0.3, -0.25) is 72.0 Å². The van der Waals surface area contributed by atoms with Gasteiger partial charge in [-0.15, -0.1) is 0 Å². The van der Waals surface area contributed by atoms with E-state index in [0.717, 1.165) is 46.8 Å². The average Bonchev–Trinajstić information content (AvgIpc) is 1.61. The topological polar surface area (TPSA) is 392 Å². The zero-order valence-corrected chi connectivity index (χ0v) is 69.3. The quantitative estimate of drug-likeness (QED) is 0.0401. The number of hydrogen-bond acceptors (Lipinski definition) is 16. The summed E-state index contributed by atoms with van der Waals surface area (Å²) in [5.74, 6) is -11.1. The molecule has 0 unspecified atom stereocenters. The summed E-state index contributed by atoms with van der Waals surface area (Å²) in [4.78, 5) is 215. The minimum Gasteiger partial charge on any atom is -0.481 e. The van der Waals surface area contributed by atoms with Gasteiger partial charge in [-0.05, 0) is 119 Å². The number of aliphatic carboxylic acids is 1. The second kappa shape index (κ2) is 42.8. The van der Waals surface area contributed by atoms with Crippen LogP contribution in [-0.4, -0.2) is 271 Å². The Bertz CT molecular complexity index is 3780. The van der Waals surface area contributed by atoms with Crippen LogP contribution in [0.2, 0.25) is 0 Å². The molecule has 10 atom stereocenters. The Hall–Kier alpha value is -10.5. The molecule has 3 aromatic rings. The Morgan fingerprint density at radius 3 is 1.36 bits per heavy atom. The van der Waals surface area contributed by atoms with Crippen molar-refractivity contribution >= 4 is 88.9 Å². The van der Waals surface area contributed by atoms with Crippen LogP contribution in [0.5, 0.6) is 0 Å². The van der Waals surface area contributed by atoms with Crippen LogP contribution in [0.25, 0.3) is 11.1 Å². The number of carbonyl (C=O) groups is 15. The summed E-state index contributed by atoms with van der Waals surface area (Å²) < 4.78 is 5.83. The summed E-state index contributed by atoms with van der Waals surface area (Å²) in [5, 5.41) is 28.1. The van der Waals surface area contributed by atoms with Crippen molar-refractivity contribution in [3.05, 3.63) is 95.6 Å². The second-order valence-electron chi connectivity index (χ2n) is 31.8. The van der Waals surface area contributed by atoms with Gasteiger partial charge in [-0.1, -0.05) is 134 Å². The molecule has 31 heteroatoms. The van der Waals surface area contributed by atoms with E-state index in [0.29, 0.717) is 5.56 Å². The van der Waals surface area contributed by atoms with Crippen LogP contribution >= 0.6 is 0 Å². The zero-order chi connectivity index (χ0) is 84.7. The van der Waals surface area contributed by atoms with E-state index in [1.165, 1.54) is 108 Å². The lowest BCUT2D eigenvalue weighted by atomic mass is 9.90. The number of ether oxygens (including phenoxy) is 1. The number of carboxylic acids is 1. The van der Waals surface area contributed by atoms with Crippen molar-refractivity contribution in [3.63, 3.8) is 0 Å². The number of nitrogens with zero attached hydrogens (tertiary/aromatic N) is 7. The SMILES string of the molecule is CC(C)C[C@H](NC(=O)[C@H](C)N(C)C(=O)CNC(=O)[C@H](Cc1ccccc1)N(C)C(=O)[C@H](C)NC(=O)[C@H](CC(C)C)N(C)C(=O)[C@H](CC(C)C)NC(=O)[C@H](C)N(C)C(=O)OCC1c2ccccc2-c2ccccc21)C(=O)N[C@@H](C)C(=O)N(C)[C@@H](CC(C)C)C(=O)NCC(=O)NCC(C)(C)C(=O)N(C)[C@@H](CC(=O)O)C(=O)N(C)C. The standard InChI is InChI=1S/C81H122N14O17/c1-46(2)36-60(71(102)85-50(9)75(106)92(19)62(38-48(5)6)72(103)82-42-66(96)84-45-81(13,14)79(110)95(22)65(41-68(98)99)78(109)89(15)16)87-69(100)52(11)90(17)67(97)43-83-73(104)64(40-54-30-24-23-25-31-54)93(20)76(107)51(10)86-74(105)63(39-49(7)8)94(21)77(108)61(37-47(3)4)88-70(101)53(12)91(18)80(111)112-44-59-57-34-28-26-32-55(57)56-33-27-29-35-58(56)59/h23-35,46-53,59-65H,36-45H2,1-22H3,(H,82,103)(H,83,104)(H,84,96)(H,85,102)(H,86,105)(H,87,100)(H,88,101)(H,98,99)/t50-,51-,52-,53-,60-,61-,62-,63-,64-,65-/m0/s1. The van der Waals surface area contributed by atoms with E-state index in [1.807, 2.05) is 90.1 Å². The molecule has 1 aliphatic rings. The van der Waals surface area contributed by atoms with E-state index < -0.39 is 174 Å². The summed E-state index contributed by atoms with van der Waals surface area (Å²) in [7, 11) is 11.1. The van der Waals surface area contributed by atoms with Gasteiger partial charge in [0.25, 0.3) is 0 Å². The van der Waals surface area contributed by atoms with Crippen LogP contribution in [0.3, 0.4) is 0 Å². The minimum absolute atomic E-state index is 0.0258. The van der Waals surface area contributed by atoms with Crippen molar-refractivity contribution in [1.82, 2.24) is 71.5 Å². The third-order valence-electron chi connectivity index (χ3n) is 20.1. The lowest BCUT2D eigenvalue weighted by Gasteiger charge is -2.34. The summed E-state index contributed by atoms with van der Waals surface area (Å²) in [6, 6.07) is 12.4. The summed E-state index contributed by atoms with van der Waals surface area (Å²) in [6.45, 7) is 22.0. The Balaban J connectivity index is 1.39. The fourth-order valence-electron chi connectivity index (χ4n) is 13.1. The van der Waals surface area contributed by atoms with E-state index in [4.69, 9.17) is 4.74 Å². The summed E-state index contributed by atoms with van der Waals surface area (Å²) in [6.07, 6.45) is -0.904. The molecule has 14 amide bonds. The van der Waals surface area contributed by atoms with Crippen molar-refractivity contribution in [1.29, 1.82) is 0 Å². The largest absolute Gasteiger partial charge is 0.481 e. The third-order valence-corrected chi connectivity index (χ3v) is 20.1. The van der Waals surface area contributed by atoms with Crippen LogP contribution in [0.4, 0.5) is 4.79 Å². The van der Waals surface area contributed by atoms with Crippen LogP contribution in [-0.2, 0) is 78.3 Å². The number of amides is 14. The van der Waals surface area contributed by atoms with Crippen molar-refractivity contribution in [3.8, 4) is 11.1 Å². The van der Waals surface area contributed by atoms with E-state index >= 15 is 0 Å². The Morgan fingerprint density at radius 2 is 0.857 bits per heavy atom. The monoisotopic (exact) mass is 1560 g/mol. The molecule has 618 valence electrons. The van der Waals surface area contributed by atoms with E-state index in [-0.39, 0.29) is 74.8 Å². The first-order valence-corrected chi connectivity index (χ1v) is 38.2. The molecule has 8 N–H and O–H groups in total. The highest BCUT2D eigenvalue weighted by Gasteiger charge is 2.42. The Labute approximate surface area is 659 Å². The first-order chi connectivity index (χ1) is 52.2. The molecule has 3 aromatic carbocycles. The highest BCUT2D eigenvalue weighted by molar-refractivity contribution is 5.99.